The molecule has 2 aliphatic carbocycles. The molecule has 0 aromatic carbocycles. The van der Waals surface area contributed by atoms with Crippen molar-refractivity contribution < 1.29 is 5.11 Å². The number of aromatic nitrogens is 1. The third-order valence-corrected chi connectivity index (χ3v) is 6.25. The molecule has 0 aliphatic heterocycles. The van der Waals surface area contributed by atoms with Crippen molar-refractivity contribution in [3.63, 3.8) is 0 Å². The first-order chi connectivity index (χ1) is 8.65. The second-order valence-corrected chi connectivity index (χ2v) is 7.20. The molecule has 18 heavy (non-hydrogen) atoms. The smallest absolute Gasteiger partial charge is 0.0807 e. The Labute approximate surface area is 114 Å². The highest BCUT2D eigenvalue weighted by Crippen LogP contribution is 2.45. The SMILES string of the molecule is CSC1(Cn2c(C)cc3c2CCCC3O)CCC1. The molecule has 3 heteroatoms. The van der Waals surface area contributed by atoms with Gasteiger partial charge in [-0.15, -0.1) is 0 Å². The van der Waals surface area contributed by atoms with Gasteiger partial charge in [0.2, 0.25) is 0 Å². The lowest BCUT2D eigenvalue weighted by molar-refractivity contribution is 0.155. The summed E-state index contributed by atoms with van der Waals surface area (Å²) in [5.41, 5.74) is 3.95. The molecular weight excluding hydrogens is 242 g/mol. The number of hydrogen-bond acceptors (Lipinski definition) is 2. The van der Waals surface area contributed by atoms with Crippen LogP contribution in [0, 0.1) is 6.92 Å². The molecule has 1 atom stereocenters. The number of hydrogen-bond donors (Lipinski definition) is 1. The van der Waals surface area contributed by atoms with E-state index in [4.69, 9.17) is 0 Å². The quantitative estimate of drug-likeness (QED) is 0.905. The third kappa shape index (κ3) is 1.92. The lowest BCUT2D eigenvalue weighted by Crippen LogP contribution is -2.38. The zero-order valence-corrected chi connectivity index (χ0v) is 12.2. The highest BCUT2D eigenvalue weighted by Gasteiger charge is 2.37. The normalized spacial score (nSPS) is 25.6. The standard InChI is InChI=1S/C15H23NOS/c1-11-9-12-13(5-3-6-14(12)17)16(11)10-15(18-2)7-4-8-15/h9,14,17H,3-8,10H2,1-2H3. The van der Waals surface area contributed by atoms with Crippen molar-refractivity contribution in [3.8, 4) is 0 Å². The fourth-order valence-corrected chi connectivity index (χ4v) is 4.40. The van der Waals surface area contributed by atoms with Crippen LogP contribution in [0.15, 0.2) is 6.07 Å². The summed E-state index contributed by atoms with van der Waals surface area (Å²) in [4.78, 5) is 0. The Balaban J connectivity index is 1.92. The molecule has 0 bridgehead atoms. The Bertz CT molecular complexity index is 442. The average Bonchev–Trinajstić information content (AvgIpc) is 2.62. The van der Waals surface area contributed by atoms with Crippen LogP contribution in [0.25, 0.3) is 0 Å². The Hall–Kier alpha value is -0.410. The van der Waals surface area contributed by atoms with Crippen molar-refractivity contribution in [3.05, 3.63) is 23.0 Å². The largest absolute Gasteiger partial charge is 0.388 e. The second-order valence-electron chi connectivity index (χ2n) is 5.92. The van der Waals surface area contributed by atoms with Crippen molar-refractivity contribution in [2.45, 2.75) is 62.8 Å². The minimum absolute atomic E-state index is 0.222. The van der Waals surface area contributed by atoms with Gasteiger partial charge in [-0.3, -0.25) is 0 Å². The van der Waals surface area contributed by atoms with Gasteiger partial charge in [-0.05, 0) is 51.3 Å². The van der Waals surface area contributed by atoms with Crippen LogP contribution >= 0.6 is 11.8 Å². The molecule has 0 spiro atoms. The van der Waals surface area contributed by atoms with Crippen LogP contribution in [0.1, 0.15) is 55.2 Å². The van der Waals surface area contributed by atoms with E-state index >= 15 is 0 Å². The van der Waals surface area contributed by atoms with Crippen LogP contribution in [0.5, 0.6) is 0 Å². The van der Waals surface area contributed by atoms with Crippen LogP contribution in [0.2, 0.25) is 0 Å². The predicted molar refractivity (Wildman–Crippen MR) is 77.2 cm³/mol. The van der Waals surface area contributed by atoms with Crippen molar-refractivity contribution in [1.82, 2.24) is 4.57 Å². The van der Waals surface area contributed by atoms with E-state index in [1.54, 1.807) is 0 Å². The Kier molecular flexibility index (Phi) is 3.23. The van der Waals surface area contributed by atoms with Gasteiger partial charge in [0.1, 0.15) is 0 Å². The van der Waals surface area contributed by atoms with Gasteiger partial charge >= 0.3 is 0 Å². The Morgan fingerprint density at radius 3 is 2.83 bits per heavy atom. The number of rotatable bonds is 3. The van der Waals surface area contributed by atoms with E-state index in [0.717, 1.165) is 25.8 Å². The highest BCUT2D eigenvalue weighted by molar-refractivity contribution is 8.00. The molecule has 2 aliphatic rings. The van der Waals surface area contributed by atoms with E-state index in [1.165, 1.54) is 36.2 Å². The number of aryl methyl sites for hydroxylation is 1. The summed E-state index contributed by atoms with van der Waals surface area (Å²) in [7, 11) is 0. The van der Waals surface area contributed by atoms with Crippen molar-refractivity contribution in [1.29, 1.82) is 0 Å². The maximum Gasteiger partial charge on any atom is 0.0807 e. The van der Waals surface area contributed by atoms with Crippen molar-refractivity contribution >= 4 is 11.8 Å². The van der Waals surface area contributed by atoms with Crippen LogP contribution in [-0.2, 0) is 13.0 Å². The number of fused-ring (bicyclic) bond motifs is 1. The minimum Gasteiger partial charge on any atom is -0.388 e. The first-order valence-electron chi connectivity index (χ1n) is 7.07. The summed E-state index contributed by atoms with van der Waals surface area (Å²) in [6.45, 7) is 3.33. The molecule has 100 valence electrons. The molecule has 1 saturated carbocycles. The number of thioether (sulfide) groups is 1. The highest BCUT2D eigenvalue weighted by atomic mass is 32.2. The maximum absolute atomic E-state index is 10.1. The third-order valence-electron chi connectivity index (χ3n) is 4.84. The summed E-state index contributed by atoms with van der Waals surface area (Å²) < 4.78 is 2.97. The van der Waals surface area contributed by atoms with E-state index in [0.29, 0.717) is 4.75 Å². The fourth-order valence-electron chi connectivity index (χ4n) is 3.45. The topological polar surface area (TPSA) is 25.2 Å². The van der Waals surface area contributed by atoms with Gasteiger partial charge in [0, 0.05) is 28.2 Å². The molecule has 1 fully saturated rings. The minimum atomic E-state index is -0.222. The van der Waals surface area contributed by atoms with Crippen LogP contribution in [0.3, 0.4) is 0 Å². The first-order valence-corrected chi connectivity index (χ1v) is 8.30. The molecule has 1 aromatic rings. The van der Waals surface area contributed by atoms with Crippen LogP contribution in [-0.4, -0.2) is 20.7 Å². The fraction of sp³-hybridized carbons (Fsp3) is 0.733. The van der Waals surface area contributed by atoms with E-state index in [1.807, 2.05) is 11.8 Å². The summed E-state index contributed by atoms with van der Waals surface area (Å²) in [5.74, 6) is 0. The van der Waals surface area contributed by atoms with Gasteiger partial charge in [-0.25, -0.2) is 0 Å². The van der Waals surface area contributed by atoms with E-state index in [-0.39, 0.29) is 6.10 Å². The zero-order valence-electron chi connectivity index (χ0n) is 11.4. The Morgan fingerprint density at radius 1 is 1.44 bits per heavy atom. The van der Waals surface area contributed by atoms with Crippen molar-refractivity contribution in [2.75, 3.05) is 6.26 Å². The monoisotopic (exact) mass is 265 g/mol. The second kappa shape index (κ2) is 4.61. The van der Waals surface area contributed by atoms with Crippen molar-refractivity contribution in [2.24, 2.45) is 0 Å². The van der Waals surface area contributed by atoms with E-state index in [9.17, 15) is 5.11 Å². The van der Waals surface area contributed by atoms with Gasteiger partial charge in [0.25, 0.3) is 0 Å². The van der Waals surface area contributed by atoms with Gasteiger partial charge in [-0.1, -0.05) is 6.42 Å². The maximum atomic E-state index is 10.1. The summed E-state index contributed by atoms with van der Waals surface area (Å²) in [6.07, 6.45) is 9.32. The molecule has 1 heterocycles. The van der Waals surface area contributed by atoms with Gasteiger partial charge in [0.05, 0.1) is 6.10 Å². The molecule has 0 saturated heterocycles. The summed E-state index contributed by atoms with van der Waals surface area (Å²) in [6, 6.07) is 2.21. The van der Waals surface area contributed by atoms with Crippen LogP contribution < -0.4 is 0 Å². The Morgan fingerprint density at radius 2 is 2.22 bits per heavy atom. The summed E-state index contributed by atoms with van der Waals surface area (Å²) in [5, 5.41) is 10.1. The molecule has 1 aromatic heterocycles. The lowest BCUT2D eigenvalue weighted by atomic mass is 9.84. The molecule has 1 N–H and O–H groups in total. The van der Waals surface area contributed by atoms with E-state index < -0.39 is 0 Å². The molecule has 0 radical (unpaired) electrons. The molecule has 2 nitrogen and oxygen atoms in total. The zero-order chi connectivity index (χ0) is 12.8. The van der Waals surface area contributed by atoms with Crippen LogP contribution in [0.4, 0.5) is 0 Å². The number of aliphatic hydroxyl groups is 1. The molecule has 3 rings (SSSR count). The molecular formula is C15H23NOS. The van der Waals surface area contributed by atoms with Gasteiger partial charge < -0.3 is 9.67 Å². The van der Waals surface area contributed by atoms with Gasteiger partial charge in [0.15, 0.2) is 0 Å². The first kappa shape index (κ1) is 12.6. The average molecular weight is 265 g/mol. The molecule has 0 amide bonds. The summed E-state index contributed by atoms with van der Waals surface area (Å²) >= 11 is 2.03. The molecule has 1 unspecified atom stereocenters. The number of aliphatic hydroxyl groups excluding tert-OH is 1. The predicted octanol–water partition coefficient (Wildman–Crippen LogP) is 3.45. The van der Waals surface area contributed by atoms with E-state index in [2.05, 4.69) is 23.8 Å². The van der Waals surface area contributed by atoms with Gasteiger partial charge in [-0.2, -0.15) is 11.8 Å². The number of nitrogens with zero attached hydrogens (tertiary/aromatic N) is 1. The lowest BCUT2D eigenvalue weighted by Gasteiger charge is -2.41.